The van der Waals surface area contributed by atoms with Crippen molar-refractivity contribution in [1.29, 1.82) is 0 Å². The Labute approximate surface area is 311 Å². The van der Waals surface area contributed by atoms with E-state index >= 15 is 0 Å². The second-order valence-corrected chi connectivity index (χ2v) is 14.2. The Morgan fingerprint density at radius 1 is 0.907 bits per heavy atom. The fourth-order valence-corrected chi connectivity index (χ4v) is 8.03. The third kappa shape index (κ3) is 5.61. The van der Waals surface area contributed by atoms with Crippen molar-refractivity contribution in [3.05, 3.63) is 105 Å². The standard InChI is InChI=1S/C37H33ClN12O4/c1-16-13-24(49-48-16)31-28-21(6-4-7-25(28)51)40-34(44-31)46-37-43-23-14-17(9-12-27(23)54-37)18-10-11-22-29(33(18)52)32(30-19(38)15-39-50-30)45-35(41-22)47-36-42-20-5-2-3-8-26(20)53-36/h2-3,5,8-9,12-15,18,31-32,34,40,44H,4,6-7,10-11H2,1H3,(H,39,50)(H,43,46)(H,48,49)(H2,41,42,45,47). The molecule has 7 N–H and O–H groups in total. The molecule has 272 valence electrons. The maximum absolute atomic E-state index is 14.4. The van der Waals surface area contributed by atoms with E-state index in [9.17, 15) is 9.59 Å². The van der Waals surface area contributed by atoms with E-state index in [1.807, 2.05) is 55.5 Å². The number of carbonyl (C=O) groups is 2. The van der Waals surface area contributed by atoms with Crippen molar-refractivity contribution >= 4 is 63.4 Å². The number of aryl methyl sites for hydroxylation is 1. The first-order valence-electron chi connectivity index (χ1n) is 17.8. The van der Waals surface area contributed by atoms with E-state index in [0.29, 0.717) is 63.7 Å². The summed E-state index contributed by atoms with van der Waals surface area (Å²) in [5, 5.41) is 31.5. The van der Waals surface area contributed by atoms with Gasteiger partial charge >= 0.3 is 6.01 Å². The largest absolute Gasteiger partial charge is 0.423 e. The van der Waals surface area contributed by atoms with Crippen molar-refractivity contribution < 1.29 is 18.4 Å². The summed E-state index contributed by atoms with van der Waals surface area (Å²) < 4.78 is 12.0. The molecule has 0 spiro atoms. The molecule has 6 heterocycles. The summed E-state index contributed by atoms with van der Waals surface area (Å²) in [6, 6.07) is 14.5. The molecule has 4 aliphatic rings. The highest BCUT2D eigenvalue weighted by Gasteiger charge is 2.40. The number of guanidine groups is 1. The molecule has 4 atom stereocenters. The average molecular weight is 745 g/mol. The van der Waals surface area contributed by atoms with Crippen LogP contribution >= 0.6 is 11.6 Å². The van der Waals surface area contributed by atoms with Gasteiger partial charge in [-0.2, -0.15) is 20.2 Å². The van der Waals surface area contributed by atoms with Crippen molar-refractivity contribution in [1.82, 2.24) is 46.3 Å². The van der Waals surface area contributed by atoms with E-state index < -0.39 is 24.3 Å². The number of benzene rings is 2. The number of oxazole rings is 2. The number of aliphatic imine (C=N–C) groups is 1. The van der Waals surface area contributed by atoms with Crippen LogP contribution in [0.3, 0.4) is 0 Å². The Morgan fingerprint density at radius 2 is 1.76 bits per heavy atom. The van der Waals surface area contributed by atoms with E-state index in [4.69, 9.17) is 30.4 Å². The first-order chi connectivity index (χ1) is 26.3. The van der Waals surface area contributed by atoms with Gasteiger partial charge in [0.15, 0.2) is 29.0 Å². The maximum atomic E-state index is 14.4. The van der Waals surface area contributed by atoms with Crippen molar-refractivity contribution in [3.8, 4) is 0 Å². The summed E-state index contributed by atoms with van der Waals surface area (Å²) in [7, 11) is 0. The van der Waals surface area contributed by atoms with Crippen LogP contribution in [0.1, 0.15) is 72.8 Å². The molecule has 0 saturated heterocycles. The minimum absolute atomic E-state index is 0.0772. The molecule has 6 aromatic rings. The van der Waals surface area contributed by atoms with Crippen LogP contribution in [0.5, 0.6) is 0 Å². The highest BCUT2D eigenvalue weighted by Crippen LogP contribution is 2.43. The Bertz CT molecular complexity index is 2560. The smallest absolute Gasteiger partial charge is 0.302 e. The van der Waals surface area contributed by atoms with Gasteiger partial charge in [-0.25, -0.2) is 4.99 Å². The summed E-state index contributed by atoms with van der Waals surface area (Å²) in [5.41, 5.74) is 8.33. The topological polar surface area (TPSA) is 216 Å². The van der Waals surface area contributed by atoms with Gasteiger partial charge in [-0.15, -0.1) is 0 Å². The van der Waals surface area contributed by atoms with Crippen LogP contribution in [0.2, 0.25) is 5.02 Å². The van der Waals surface area contributed by atoms with Gasteiger partial charge in [-0.1, -0.05) is 29.8 Å². The lowest BCUT2D eigenvalue weighted by molar-refractivity contribution is -0.118. The number of ketones is 2. The lowest BCUT2D eigenvalue weighted by atomic mass is 9.77. The maximum Gasteiger partial charge on any atom is 0.302 e. The van der Waals surface area contributed by atoms with Crippen molar-refractivity contribution in [2.24, 2.45) is 4.99 Å². The summed E-state index contributed by atoms with van der Waals surface area (Å²) in [6.45, 7) is 1.93. The van der Waals surface area contributed by atoms with E-state index in [-0.39, 0.29) is 23.6 Å². The predicted octanol–water partition coefficient (Wildman–Crippen LogP) is 5.53. The second-order valence-electron chi connectivity index (χ2n) is 13.8. The summed E-state index contributed by atoms with van der Waals surface area (Å²) in [5.74, 6) is -0.0436. The minimum atomic E-state index is -0.746. The highest BCUT2D eigenvalue weighted by atomic mass is 35.5. The first kappa shape index (κ1) is 32.4. The molecule has 54 heavy (non-hydrogen) atoms. The fourth-order valence-electron chi connectivity index (χ4n) is 7.84. The van der Waals surface area contributed by atoms with Crippen molar-refractivity contribution in [2.45, 2.75) is 63.3 Å². The SMILES string of the molecule is Cc1cc(C2NC(Nc3nc4cc(C5CCC6=C(C5=O)C(c5[nH]ncc5Cl)N=C(Nc5nc7ccccc7o5)N6)ccc4o3)NC3=C2C(=O)CCC3)n[nH]1. The summed E-state index contributed by atoms with van der Waals surface area (Å²) in [6.07, 6.45) is 4.19. The van der Waals surface area contributed by atoms with E-state index in [0.717, 1.165) is 46.8 Å². The van der Waals surface area contributed by atoms with Gasteiger partial charge in [-0.05, 0) is 68.5 Å². The van der Waals surface area contributed by atoms with E-state index in [2.05, 4.69) is 52.0 Å². The number of hydrogen-bond acceptors (Lipinski definition) is 14. The molecule has 16 nitrogen and oxygen atoms in total. The molecule has 17 heteroatoms. The zero-order valence-corrected chi connectivity index (χ0v) is 29.5. The number of nitrogens with zero attached hydrogens (tertiary/aromatic N) is 5. The quantitative estimate of drug-likeness (QED) is 0.112. The molecule has 2 aliphatic heterocycles. The summed E-state index contributed by atoms with van der Waals surface area (Å²) in [4.78, 5) is 41.5. The number of Topliss-reactive ketones (excluding diaryl/α,β-unsaturated/α-hetero) is 2. The van der Waals surface area contributed by atoms with Gasteiger partial charge in [0.1, 0.15) is 17.1 Å². The first-order valence-corrected chi connectivity index (χ1v) is 18.1. The number of para-hydroxylation sites is 2. The minimum Gasteiger partial charge on any atom is -0.423 e. The number of aromatic amines is 2. The van der Waals surface area contributed by atoms with Gasteiger partial charge < -0.3 is 24.8 Å². The molecule has 4 aromatic heterocycles. The molecule has 0 fully saturated rings. The van der Waals surface area contributed by atoms with Crippen molar-refractivity contribution in [2.75, 3.05) is 10.6 Å². The molecule has 0 amide bonds. The molecule has 10 rings (SSSR count). The van der Waals surface area contributed by atoms with E-state index in [1.165, 1.54) is 6.20 Å². The van der Waals surface area contributed by atoms with E-state index in [1.54, 1.807) is 0 Å². The average Bonchev–Trinajstić information content (AvgIpc) is 3.97. The number of aromatic nitrogens is 6. The van der Waals surface area contributed by atoms with Crippen LogP contribution in [-0.4, -0.2) is 54.2 Å². The number of rotatable bonds is 6. The highest BCUT2D eigenvalue weighted by molar-refractivity contribution is 6.31. The molecule has 4 unspecified atom stereocenters. The van der Waals surface area contributed by atoms with Crippen molar-refractivity contribution in [3.63, 3.8) is 0 Å². The Hall–Kier alpha value is -6.26. The predicted molar refractivity (Wildman–Crippen MR) is 198 cm³/mol. The fraction of sp³-hybridized carbons (Fsp3) is 0.270. The number of allylic oxidation sites excluding steroid dienone is 2. The van der Waals surface area contributed by atoms with Crippen LogP contribution in [0.15, 0.2) is 91.1 Å². The molecule has 0 bridgehead atoms. The number of H-pyrrole nitrogens is 2. The number of anilines is 2. The Balaban J connectivity index is 0.906. The summed E-state index contributed by atoms with van der Waals surface area (Å²) >= 11 is 6.56. The molecular formula is C37H33ClN12O4. The van der Waals surface area contributed by atoms with Gasteiger partial charge in [0.25, 0.3) is 6.01 Å². The second kappa shape index (κ2) is 12.7. The number of hydrogen-bond donors (Lipinski definition) is 7. The lowest BCUT2D eigenvalue weighted by Gasteiger charge is -2.37. The zero-order valence-electron chi connectivity index (χ0n) is 28.8. The third-order valence-corrected chi connectivity index (χ3v) is 10.6. The Kier molecular flexibility index (Phi) is 7.62. The zero-order chi connectivity index (χ0) is 36.5. The van der Waals surface area contributed by atoms with Crippen LogP contribution < -0.4 is 26.6 Å². The molecule has 2 aliphatic carbocycles. The van der Waals surface area contributed by atoms with Gasteiger partial charge in [0.2, 0.25) is 5.96 Å². The number of carbonyl (C=O) groups excluding carboxylic acids is 2. The number of nitrogens with one attached hydrogen (secondary N) is 7. The molecule has 0 radical (unpaired) electrons. The third-order valence-electron chi connectivity index (χ3n) is 10.3. The number of fused-ring (bicyclic) bond motifs is 2. The molecule has 2 aromatic carbocycles. The monoisotopic (exact) mass is 744 g/mol. The van der Waals surface area contributed by atoms with Gasteiger partial charge in [0, 0.05) is 40.6 Å². The molecular weight excluding hydrogens is 712 g/mol. The normalized spacial score (nSPS) is 22.9. The van der Waals surface area contributed by atoms with Crippen LogP contribution in [0.4, 0.5) is 12.0 Å². The van der Waals surface area contributed by atoms with Crippen LogP contribution in [0, 0.1) is 6.92 Å². The Morgan fingerprint density at radius 3 is 2.59 bits per heavy atom. The molecule has 0 saturated carbocycles. The van der Waals surface area contributed by atoms with Gasteiger partial charge in [-0.3, -0.25) is 30.4 Å². The number of halogens is 1. The lowest BCUT2D eigenvalue weighted by Crippen LogP contribution is -2.55. The van der Waals surface area contributed by atoms with Gasteiger partial charge in [0.05, 0.1) is 28.6 Å². The van der Waals surface area contributed by atoms with Crippen LogP contribution in [0.25, 0.3) is 22.2 Å². The van der Waals surface area contributed by atoms with Crippen LogP contribution in [-0.2, 0) is 9.59 Å².